The van der Waals surface area contributed by atoms with Gasteiger partial charge in [-0.25, -0.2) is 0 Å². The van der Waals surface area contributed by atoms with Crippen LogP contribution in [0.15, 0.2) is 0 Å². The molecule has 0 aliphatic heterocycles. The first-order valence-electron chi connectivity index (χ1n) is 10.6. The first-order valence-corrected chi connectivity index (χ1v) is 10.6. The predicted molar refractivity (Wildman–Crippen MR) is 113 cm³/mol. The molecule has 218 valence electrons. The fraction of sp³-hybridized carbons (Fsp3) is 0.818. The summed E-state index contributed by atoms with van der Waals surface area (Å²) in [6.45, 7) is 12.8. The van der Waals surface area contributed by atoms with Crippen molar-refractivity contribution in [3.63, 3.8) is 0 Å². The van der Waals surface area contributed by atoms with Crippen LogP contribution in [0.5, 0.6) is 0 Å². The molecule has 0 aliphatic rings. The number of carbonyl (C=O) groups is 4. The van der Waals surface area contributed by atoms with Crippen molar-refractivity contribution in [2.24, 2.45) is 11.8 Å². The molecule has 0 bridgehead atoms. The van der Waals surface area contributed by atoms with Crippen LogP contribution in [-0.2, 0) is 45.4 Å². The number of alkyl halides is 6. The third kappa shape index (κ3) is 39.3. The van der Waals surface area contributed by atoms with Crippen LogP contribution < -0.4 is 10.2 Å². The van der Waals surface area contributed by atoms with Crippen molar-refractivity contribution in [1.82, 2.24) is 0 Å². The average molecular weight is 634 g/mol. The molecule has 0 amide bonds. The van der Waals surface area contributed by atoms with Gasteiger partial charge in [0.15, 0.2) is 11.6 Å². The summed E-state index contributed by atoms with van der Waals surface area (Å²) in [4.78, 5) is 41.1. The van der Waals surface area contributed by atoms with Crippen molar-refractivity contribution in [3.8, 4) is 0 Å². The van der Waals surface area contributed by atoms with E-state index >= 15 is 0 Å². The molecule has 8 nitrogen and oxygen atoms in total. The van der Waals surface area contributed by atoms with E-state index in [2.05, 4.69) is 0 Å². The van der Waals surface area contributed by atoms with E-state index in [0.717, 1.165) is 0 Å². The largest absolute Gasteiger partial charge is 2.00 e. The molecular weight excluding hydrogens is 597 g/mol. The van der Waals surface area contributed by atoms with Gasteiger partial charge in [0.1, 0.15) is 11.8 Å². The van der Waals surface area contributed by atoms with Gasteiger partial charge in [-0.1, -0.05) is 13.8 Å². The number of carbonyl (C=O) groups excluding carboxylic acids is 4. The van der Waals surface area contributed by atoms with Crippen LogP contribution in [0.3, 0.4) is 0 Å². The van der Waals surface area contributed by atoms with Crippen molar-refractivity contribution in [1.29, 1.82) is 0 Å². The molecule has 0 saturated carbocycles. The van der Waals surface area contributed by atoms with Crippen molar-refractivity contribution in [2.45, 2.75) is 105 Å². The molecule has 0 radical (unpaired) electrons. The normalized spacial score (nSPS) is 13.0. The zero-order valence-electron chi connectivity index (χ0n) is 22.1. The van der Waals surface area contributed by atoms with Gasteiger partial charge in [-0.2, -0.15) is 26.3 Å². The molecule has 0 aliphatic carbocycles. The molecule has 0 aromatic rings. The van der Waals surface area contributed by atoms with Crippen LogP contribution >= 0.6 is 0 Å². The Hall–Kier alpha value is -1.34. The van der Waals surface area contributed by atoms with Crippen LogP contribution in [0.4, 0.5) is 26.3 Å². The predicted octanol–water partition coefficient (Wildman–Crippen LogP) is 2.12. The maximum Gasteiger partial charge on any atom is 2.00 e. The molecule has 0 aromatic heterocycles. The maximum atomic E-state index is 12.0. The van der Waals surface area contributed by atoms with Gasteiger partial charge in [0.05, 0.1) is 11.2 Å². The van der Waals surface area contributed by atoms with E-state index in [-0.39, 0.29) is 26.2 Å². The van der Waals surface area contributed by atoms with Crippen molar-refractivity contribution >= 4 is 23.5 Å². The van der Waals surface area contributed by atoms with E-state index in [4.69, 9.17) is 10.2 Å². The molecule has 0 spiro atoms. The average Bonchev–Trinajstić information content (AvgIpc) is 2.48. The number of carboxylic acid groups (broad SMARTS) is 2. The number of hydrogen-bond donors (Lipinski definition) is 2. The first-order chi connectivity index (χ1) is 15.6. The van der Waals surface area contributed by atoms with Gasteiger partial charge in [0, 0.05) is 24.8 Å². The Morgan fingerprint density at radius 3 is 0.865 bits per heavy atom. The summed E-state index contributed by atoms with van der Waals surface area (Å²) in [7, 11) is 0. The topological polar surface area (TPSA) is 155 Å². The Morgan fingerprint density at radius 1 is 0.622 bits per heavy atom. The molecule has 0 saturated heterocycles. The first kappa shape index (κ1) is 45.6. The molecule has 2 N–H and O–H groups in total. The SMILES string of the molecule is CC(C)(C)O.CC(C)(C)O.CCC(C(=O)CC(=O)[O-])C(F)(F)F.CCC(C(=O)CC(=O)[O-])C(F)(F)F.[Zr+2]. The number of rotatable bonds is 8. The molecular formula is C22H36F6O8Zr. The monoisotopic (exact) mass is 632 g/mol. The molecule has 2 unspecified atom stereocenters. The number of aliphatic carboxylic acids is 2. The standard InChI is InChI=1S/2C7H9F3O3.2C4H10O.Zr/c2*1-2-4(7(8,9)10)5(11)3-6(12)13;2*1-4(2,3)5;/h2*4H,2-3H2,1H3,(H,12,13);2*5H,1-3H3;/q;;;;+2/p-2. The smallest absolute Gasteiger partial charge is 0.550 e. The zero-order valence-corrected chi connectivity index (χ0v) is 24.6. The summed E-state index contributed by atoms with van der Waals surface area (Å²) < 4.78 is 71.9. The van der Waals surface area contributed by atoms with E-state index in [1.165, 1.54) is 13.8 Å². The van der Waals surface area contributed by atoms with E-state index < -0.39 is 84.6 Å². The summed E-state index contributed by atoms with van der Waals surface area (Å²) in [6.07, 6.45) is -12.6. The number of hydrogen-bond acceptors (Lipinski definition) is 8. The van der Waals surface area contributed by atoms with Crippen LogP contribution in [0.2, 0.25) is 0 Å². The summed E-state index contributed by atoms with van der Waals surface area (Å²) in [5, 5.41) is 36.8. The third-order valence-corrected chi connectivity index (χ3v) is 3.02. The molecule has 15 heteroatoms. The number of carboxylic acids is 2. The van der Waals surface area contributed by atoms with Gasteiger partial charge in [-0.15, -0.1) is 0 Å². The Kier molecular flexibility index (Phi) is 24.3. The van der Waals surface area contributed by atoms with Gasteiger partial charge in [0.2, 0.25) is 0 Å². The van der Waals surface area contributed by atoms with Gasteiger partial charge >= 0.3 is 38.6 Å². The fourth-order valence-corrected chi connectivity index (χ4v) is 1.81. The minimum Gasteiger partial charge on any atom is -0.550 e. The Balaban J connectivity index is -0.000000133. The van der Waals surface area contributed by atoms with Crippen molar-refractivity contribution in [2.75, 3.05) is 0 Å². The maximum absolute atomic E-state index is 12.0. The summed E-state index contributed by atoms with van der Waals surface area (Å²) in [6, 6.07) is 0. The number of halogens is 6. The molecule has 0 rings (SSSR count). The fourth-order valence-electron chi connectivity index (χ4n) is 1.81. The second-order valence-corrected chi connectivity index (χ2v) is 9.38. The number of Topliss-reactive ketones (excluding diaryl/α,β-unsaturated/α-hetero) is 2. The van der Waals surface area contributed by atoms with Crippen molar-refractivity contribution < 1.29 is 92.2 Å². The molecule has 0 aromatic carbocycles. The Labute approximate surface area is 231 Å². The second kappa shape index (κ2) is 19.7. The molecule has 37 heavy (non-hydrogen) atoms. The van der Waals surface area contributed by atoms with Crippen LogP contribution in [0.1, 0.15) is 81.1 Å². The van der Waals surface area contributed by atoms with Crippen LogP contribution in [0.25, 0.3) is 0 Å². The number of aliphatic hydroxyl groups is 2. The third-order valence-electron chi connectivity index (χ3n) is 3.02. The van der Waals surface area contributed by atoms with Gasteiger partial charge in [-0.3, -0.25) is 9.59 Å². The quantitative estimate of drug-likeness (QED) is 0.304. The minimum absolute atomic E-state index is 0. The summed E-state index contributed by atoms with van der Waals surface area (Å²) in [5.74, 6) is -10.7. The number of ketones is 2. The van der Waals surface area contributed by atoms with E-state index in [1.54, 1.807) is 41.5 Å². The minimum atomic E-state index is -4.67. The molecule has 2 atom stereocenters. The van der Waals surface area contributed by atoms with E-state index in [0.29, 0.717) is 0 Å². The Morgan fingerprint density at radius 2 is 0.784 bits per heavy atom. The van der Waals surface area contributed by atoms with Gasteiger partial charge < -0.3 is 30.0 Å². The van der Waals surface area contributed by atoms with Crippen LogP contribution in [0, 0.1) is 11.8 Å². The molecule has 0 fully saturated rings. The second-order valence-electron chi connectivity index (χ2n) is 9.38. The van der Waals surface area contributed by atoms with Gasteiger partial charge in [-0.05, 0) is 54.4 Å². The summed E-state index contributed by atoms with van der Waals surface area (Å²) in [5.41, 5.74) is -1.00. The van der Waals surface area contributed by atoms with Gasteiger partial charge in [0.25, 0.3) is 0 Å². The Bertz CT molecular complexity index is 611. The van der Waals surface area contributed by atoms with E-state index in [1.807, 2.05) is 0 Å². The van der Waals surface area contributed by atoms with Crippen LogP contribution in [-0.4, -0.2) is 57.3 Å². The van der Waals surface area contributed by atoms with Crippen molar-refractivity contribution in [3.05, 3.63) is 0 Å². The zero-order chi connectivity index (χ0) is 30.3. The summed E-state index contributed by atoms with van der Waals surface area (Å²) >= 11 is 0. The van der Waals surface area contributed by atoms with E-state index in [9.17, 15) is 55.7 Å². The molecule has 0 heterocycles.